The van der Waals surface area contributed by atoms with Gasteiger partial charge >= 0.3 is 0 Å². The average molecular weight is 274 g/mol. The van der Waals surface area contributed by atoms with Gasteiger partial charge in [0.05, 0.1) is 0 Å². The summed E-state index contributed by atoms with van der Waals surface area (Å²) in [6, 6.07) is 3.62. The molecule has 0 radical (unpaired) electrons. The van der Waals surface area contributed by atoms with E-state index in [4.69, 9.17) is 23.2 Å². The number of halogens is 2. The quantitative estimate of drug-likeness (QED) is 0.634. The summed E-state index contributed by atoms with van der Waals surface area (Å²) in [6.07, 6.45) is 3.67. The highest BCUT2D eigenvalue weighted by Gasteiger charge is 2.05. The zero-order chi connectivity index (χ0) is 11.5. The maximum Gasteiger partial charge on any atom is 0.167 e. The van der Waals surface area contributed by atoms with Crippen LogP contribution in [0.25, 0.3) is 0 Å². The molecule has 0 saturated carbocycles. The molecule has 0 bridgehead atoms. The van der Waals surface area contributed by atoms with Crippen LogP contribution in [0.5, 0.6) is 0 Å². The molecule has 0 fully saturated rings. The van der Waals surface area contributed by atoms with Gasteiger partial charge in [0.2, 0.25) is 0 Å². The van der Waals surface area contributed by atoms with Gasteiger partial charge in [-0.2, -0.15) is 0 Å². The minimum absolute atomic E-state index is 0.413. The number of nitrogens with zero attached hydrogens (tertiary/aromatic N) is 3. The monoisotopic (exact) mass is 273 g/mol. The lowest BCUT2D eigenvalue weighted by molar-refractivity contribution is 0.790. The minimum atomic E-state index is 0.413. The van der Waals surface area contributed by atoms with Crippen molar-refractivity contribution in [1.29, 1.82) is 0 Å². The molecule has 0 aliphatic carbocycles. The van der Waals surface area contributed by atoms with Gasteiger partial charge in [-0.1, -0.05) is 41.0 Å². The summed E-state index contributed by atoms with van der Waals surface area (Å²) >= 11 is 13.3. The Balaban J connectivity index is 2.08. The van der Waals surface area contributed by atoms with E-state index in [1.165, 1.54) is 0 Å². The number of aromatic nitrogens is 3. The van der Waals surface area contributed by atoms with Crippen molar-refractivity contribution in [3.63, 3.8) is 0 Å². The van der Waals surface area contributed by atoms with Crippen LogP contribution < -0.4 is 0 Å². The van der Waals surface area contributed by atoms with Gasteiger partial charge in [0.15, 0.2) is 5.16 Å². The van der Waals surface area contributed by atoms with Crippen LogP contribution in [0.2, 0.25) is 10.3 Å². The fourth-order valence-electron chi connectivity index (χ4n) is 1.18. The smallest absolute Gasteiger partial charge is 0.167 e. The van der Waals surface area contributed by atoms with E-state index < -0.39 is 0 Å². The molecule has 0 amide bonds. The number of hydrogen-bond donors (Lipinski definition) is 0. The molecule has 6 heteroatoms. The van der Waals surface area contributed by atoms with Crippen LogP contribution >= 0.6 is 35.0 Å². The molecule has 16 heavy (non-hydrogen) atoms. The second kappa shape index (κ2) is 5.08. The van der Waals surface area contributed by atoms with Gasteiger partial charge in [0, 0.05) is 25.2 Å². The third-order valence-electron chi connectivity index (χ3n) is 2.03. The number of rotatable bonds is 3. The molecule has 2 heterocycles. The third kappa shape index (κ3) is 2.70. The average Bonchev–Trinajstić information content (AvgIpc) is 2.63. The predicted molar refractivity (Wildman–Crippen MR) is 67.0 cm³/mol. The summed E-state index contributed by atoms with van der Waals surface area (Å²) in [7, 11) is 1.96. The van der Waals surface area contributed by atoms with Crippen molar-refractivity contribution in [1.82, 2.24) is 14.5 Å². The normalized spacial score (nSPS) is 10.7. The SMILES string of the molecule is Cn1ccnc1SCc1ccc(Cl)nc1Cl. The number of aryl methyl sites for hydroxylation is 1. The summed E-state index contributed by atoms with van der Waals surface area (Å²) in [5, 5.41) is 1.82. The van der Waals surface area contributed by atoms with Crippen LogP contribution in [0.3, 0.4) is 0 Å². The van der Waals surface area contributed by atoms with Crippen LogP contribution in [-0.4, -0.2) is 14.5 Å². The molecule has 0 spiro atoms. The molecule has 2 aromatic rings. The molecule has 84 valence electrons. The van der Waals surface area contributed by atoms with Gasteiger partial charge in [-0.15, -0.1) is 0 Å². The minimum Gasteiger partial charge on any atom is -0.329 e. The van der Waals surface area contributed by atoms with Crippen LogP contribution in [0, 0.1) is 0 Å². The van der Waals surface area contributed by atoms with Crippen molar-refractivity contribution in [2.45, 2.75) is 10.9 Å². The molecule has 3 nitrogen and oxygen atoms in total. The van der Waals surface area contributed by atoms with E-state index in [0.29, 0.717) is 10.3 Å². The van der Waals surface area contributed by atoms with Crippen molar-refractivity contribution in [3.8, 4) is 0 Å². The molecular weight excluding hydrogens is 265 g/mol. The van der Waals surface area contributed by atoms with E-state index in [1.54, 1.807) is 24.0 Å². The first-order valence-corrected chi connectivity index (χ1v) is 6.32. The molecular formula is C10H9Cl2N3S. The molecule has 0 unspecified atom stereocenters. The standard InChI is InChI=1S/C10H9Cl2N3S/c1-15-5-4-13-10(15)16-6-7-2-3-8(11)14-9(7)12/h2-5H,6H2,1H3. The van der Waals surface area contributed by atoms with Crippen molar-refractivity contribution in [2.24, 2.45) is 7.05 Å². The number of hydrogen-bond acceptors (Lipinski definition) is 3. The van der Waals surface area contributed by atoms with Gasteiger partial charge in [-0.05, 0) is 11.6 Å². The van der Waals surface area contributed by atoms with Crippen LogP contribution in [0.15, 0.2) is 29.7 Å². The second-order valence-electron chi connectivity index (χ2n) is 3.19. The Morgan fingerprint density at radius 1 is 1.38 bits per heavy atom. The fourth-order valence-corrected chi connectivity index (χ4v) is 2.59. The third-order valence-corrected chi connectivity index (χ3v) is 3.67. The van der Waals surface area contributed by atoms with E-state index >= 15 is 0 Å². The highest BCUT2D eigenvalue weighted by atomic mass is 35.5. The zero-order valence-corrected chi connectivity index (χ0v) is 10.9. The first-order valence-electron chi connectivity index (χ1n) is 4.58. The Hall–Kier alpha value is -0.710. The van der Waals surface area contributed by atoms with E-state index in [0.717, 1.165) is 16.5 Å². The lowest BCUT2D eigenvalue weighted by Gasteiger charge is -2.03. The molecule has 0 N–H and O–H groups in total. The zero-order valence-electron chi connectivity index (χ0n) is 8.52. The summed E-state index contributed by atoms with van der Waals surface area (Å²) in [4.78, 5) is 8.20. The first kappa shape index (κ1) is 11.8. The first-order chi connectivity index (χ1) is 7.66. The van der Waals surface area contributed by atoms with E-state index in [-0.39, 0.29) is 0 Å². The number of imidazole rings is 1. The van der Waals surface area contributed by atoms with Gasteiger partial charge in [-0.3, -0.25) is 0 Å². The molecule has 2 rings (SSSR count). The maximum absolute atomic E-state index is 5.97. The van der Waals surface area contributed by atoms with Crippen molar-refractivity contribution >= 4 is 35.0 Å². The summed E-state index contributed by atoms with van der Waals surface area (Å²) in [5.74, 6) is 0.730. The van der Waals surface area contributed by atoms with E-state index in [9.17, 15) is 0 Å². The van der Waals surface area contributed by atoms with E-state index in [1.807, 2.05) is 23.9 Å². The highest BCUT2D eigenvalue weighted by Crippen LogP contribution is 2.25. The van der Waals surface area contributed by atoms with Gasteiger partial charge < -0.3 is 4.57 Å². The Bertz CT molecular complexity index is 499. The summed E-state index contributed by atoms with van der Waals surface area (Å²) < 4.78 is 1.96. The molecule has 0 saturated heterocycles. The summed E-state index contributed by atoms with van der Waals surface area (Å²) in [5.41, 5.74) is 0.957. The molecule has 0 aliphatic heterocycles. The highest BCUT2D eigenvalue weighted by molar-refractivity contribution is 7.98. The number of thioether (sulfide) groups is 1. The van der Waals surface area contributed by atoms with Crippen LogP contribution in [0.1, 0.15) is 5.56 Å². The topological polar surface area (TPSA) is 30.7 Å². The van der Waals surface area contributed by atoms with Gasteiger partial charge in [0.25, 0.3) is 0 Å². The molecule has 0 aliphatic rings. The number of pyridine rings is 1. The Morgan fingerprint density at radius 2 is 2.19 bits per heavy atom. The molecule has 2 aromatic heterocycles. The Labute approximate surface area is 108 Å². The van der Waals surface area contributed by atoms with Gasteiger partial charge in [0.1, 0.15) is 10.3 Å². The largest absolute Gasteiger partial charge is 0.329 e. The Kier molecular flexibility index (Phi) is 3.74. The van der Waals surface area contributed by atoms with Crippen LogP contribution in [-0.2, 0) is 12.8 Å². The molecule has 0 atom stereocenters. The van der Waals surface area contributed by atoms with Gasteiger partial charge in [-0.25, -0.2) is 9.97 Å². The summed E-state index contributed by atoms with van der Waals surface area (Å²) in [6.45, 7) is 0. The second-order valence-corrected chi connectivity index (χ2v) is 4.88. The lowest BCUT2D eigenvalue weighted by Crippen LogP contribution is -1.91. The maximum atomic E-state index is 5.97. The Morgan fingerprint density at radius 3 is 2.81 bits per heavy atom. The van der Waals surface area contributed by atoms with Crippen molar-refractivity contribution in [2.75, 3.05) is 0 Å². The fraction of sp³-hybridized carbons (Fsp3) is 0.200. The molecule has 0 aromatic carbocycles. The van der Waals surface area contributed by atoms with E-state index in [2.05, 4.69) is 9.97 Å². The lowest BCUT2D eigenvalue weighted by atomic mass is 10.3. The van der Waals surface area contributed by atoms with Crippen LogP contribution in [0.4, 0.5) is 0 Å². The van der Waals surface area contributed by atoms with Crippen molar-refractivity contribution in [3.05, 3.63) is 40.4 Å². The van der Waals surface area contributed by atoms with Crippen molar-refractivity contribution < 1.29 is 0 Å². The predicted octanol–water partition coefficient (Wildman–Crippen LogP) is 3.41.